The molecule has 9 heteroatoms. The highest BCUT2D eigenvalue weighted by molar-refractivity contribution is 8.00. The third kappa shape index (κ3) is 4.95. The summed E-state index contributed by atoms with van der Waals surface area (Å²) < 4.78 is 21.2. The molecule has 2 heterocycles. The van der Waals surface area contributed by atoms with Crippen molar-refractivity contribution in [3.63, 3.8) is 0 Å². The van der Waals surface area contributed by atoms with Crippen molar-refractivity contribution in [2.24, 2.45) is 0 Å². The maximum absolute atomic E-state index is 14.0. The second-order valence-corrected chi connectivity index (χ2v) is 9.11. The molecular formula is C21H28FN5O2S. The molecule has 2 aromatic rings. The summed E-state index contributed by atoms with van der Waals surface area (Å²) in [6.07, 6.45) is 5.68. The normalized spacial score (nSPS) is 18.9. The molecule has 2 aliphatic rings. The summed E-state index contributed by atoms with van der Waals surface area (Å²) >= 11 is 1.35. The van der Waals surface area contributed by atoms with Crippen LogP contribution in [0, 0.1) is 5.82 Å². The van der Waals surface area contributed by atoms with Gasteiger partial charge in [0.25, 0.3) is 0 Å². The molecule has 1 aromatic heterocycles. The van der Waals surface area contributed by atoms with Crippen LogP contribution in [-0.2, 0) is 9.53 Å². The summed E-state index contributed by atoms with van der Waals surface area (Å²) in [5.74, 6) is 0.327. The molecule has 30 heavy (non-hydrogen) atoms. The lowest BCUT2D eigenvalue weighted by molar-refractivity contribution is -0.121. The van der Waals surface area contributed by atoms with Crippen LogP contribution in [0.15, 0.2) is 29.4 Å². The van der Waals surface area contributed by atoms with Gasteiger partial charge in [0, 0.05) is 19.1 Å². The number of nitrogens with one attached hydrogen (secondary N) is 1. The van der Waals surface area contributed by atoms with Gasteiger partial charge in [0.05, 0.1) is 24.2 Å². The first-order chi connectivity index (χ1) is 14.6. The van der Waals surface area contributed by atoms with Crippen molar-refractivity contribution in [2.75, 3.05) is 31.2 Å². The Morgan fingerprint density at radius 3 is 2.73 bits per heavy atom. The average molecular weight is 434 g/mol. The van der Waals surface area contributed by atoms with Crippen LogP contribution in [0.5, 0.6) is 0 Å². The van der Waals surface area contributed by atoms with Gasteiger partial charge < -0.3 is 15.0 Å². The van der Waals surface area contributed by atoms with E-state index in [1.54, 1.807) is 6.07 Å². The fraction of sp³-hybridized carbons (Fsp3) is 0.571. The van der Waals surface area contributed by atoms with Gasteiger partial charge in [-0.05, 0) is 38.0 Å². The van der Waals surface area contributed by atoms with Crippen LogP contribution >= 0.6 is 11.8 Å². The number of rotatable bonds is 6. The molecule has 1 aromatic carbocycles. The van der Waals surface area contributed by atoms with Gasteiger partial charge in [0.1, 0.15) is 5.82 Å². The molecule has 7 nitrogen and oxygen atoms in total. The lowest BCUT2D eigenvalue weighted by atomic mass is 9.95. The van der Waals surface area contributed by atoms with Crippen molar-refractivity contribution >= 4 is 23.6 Å². The van der Waals surface area contributed by atoms with E-state index in [9.17, 15) is 9.18 Å². The number of amides is 1. The van der Waals surface area contributed by atoms with E-state index in [0.29, 0.717) is 43.1 Å². The molecule has 1 amide bonds. The number of hydrogen-bond donors (Lipinski definition) is 1. The van der Waals surface area contributed by atoms with E-state index in [1.165, 1.54) is 43.2 Å². The van der Waals surface area contributed by atoms with Crippen LogP contribution in [0.4, 0.5) is 10.3 Å². The molecule has 2 fully saturated rings. The number of hydrogen-bond acceptors (Lipinski definition) is 6. The lowest BCUT2D eigenvalue weighted by Gasteiger charge is -2.28. The summed E-state index contributed by atoms with van der Waals surface area (Å²) in [5.41, 5.74) is 0.642. The Hall–Kier alpha value is -2.13. The van der Waals surface area contributed by atoms with Crippen LogP contribution in [0.25, 0.3) is 5.69 Å². The minimum atomic E-state index is -0.332. The van der Waals surface area contributed by atoms with Gasteiger partial charge in [-0.2, -0.15) is 0 Å². The van der Waals surface area contributed by atoms with E-state index >= 15 is 0 Å². The predicted molar refractivity (Wildman–Crippen MR) is 115 cm³/mol. The monoisotopic (exact) mass is 433 g/mol. The zero-order chi connectivity index (χ0) is 20.9. The first-order valence-electron chi connectivity index (χ1n) is 10.6. The van der Waals surface area contributed by atoms with Gasteiger partial charge in [0.15, 0.2) is 5.16 Å². The number of nitrogens with zero attached hydrogens (tertiary/aromatic N) is 4. The predicted octanol–water partition coefficient (Wildman–Crippen LogP) is 3.17. The molecule has 1 N–H and O–H groups in total. The van der Waals surface area contributed by atoms with Crippen molar-refractivity contribution in [3.8, 4) is 5.69 Å². The van der Waals surface area contributed by atoms with Crippen LogP contribution in [0.1, 0.15) is 39.0 Å². The van der Waals surface area contributed by atoms with E-state index in [0.717, 1.165) is 12.8 Å². The number of thioether (sulfide) groups is 1. The molecule has 162 valence electrons. The van der Waals surface area contributed by atoms with E-state index < -0.39 is 0 Å². The topological polar surface area (TPSA) is 72.3 Å². The fourth-order valence-electron chi connectivity index (χ4n) is 3.92. The maximum Gasteiger partial charge on any atom is 0.233 e. The minimum Gasteiger partial charge on any atom is -0.378 e. The van der Waals surface area contributed by atoms with Crippen molar-refractivity contribution < 1.29 is 13.9 Å². The van der Waals surface area contributed by atoms with Crippen LogP contribution in [0.3, 0.4) is 0 Å². The van der Waals surface area contributed by atoms with Crippen molar-refractivity contribution in [3.05, 3.63) is 30.1 Å². The number of carbonyl (C=O) groups is 1. The Labute approximate surface area is 180 Å². The van der Waals surface area contributed by atoms with E-state index in [-0.39, 0.29) is 23.0 Å². The van der Waals surface area contributed by atoms with Gasteiger partial charge >= 0.3 is 0 Å². The molecule has 0 spiro atoms. The highest BCUT2D eigenvalue weighted by atomic mass is 32.2. The SMILES string of the molecule is CC(Sc1nnc(N2CCOCC2)n1-c1cccc(F)c1)C(=O)NC1CCCCC1. The second-order valence-electron chi connectivity index (χ2n) is 7.80. The molecule has 4 rings (SSSR count). The van der Waals surface area contributed by atoms with Crippen molar-refractivity contribution in [1.82, 2.24) is 20.1 Å². The van der Waals surface area contributed by atoms with Gasteiger partial charge in [-0.25, -0.2) is 4.39 Å². The Morgan fingerprint density at radius 2 is 2.00 bits per heavy atom. The third-order valence-corrected chi connectivity index (χ3v) is 6.62. The molecule has 1 saturated heterocycles. The Bertz CT molecular complexity index is 865. The van der Waals surface area contributed by atoms with Gasteiger partial charge in [0.2, 0.25) is 11.9 Å². The largest absolute Gasteiger partial charge is 0.378 e. The van der Waals surface area contributed by atoms with Crippen LogP contribution < -0.4 is 10.2 Å². The van der Waals surface area contributed by atoms with Gasteiger partial charge in [-0.3, -0.25) is 9.36 Å². The molecule has 1 atom stereocenters. The molecule has 1 aliphatic heterocycles. The highest BCUT2D eigenvalue weighted by Crippen LogP contribution is 2.30. The van der Waals surface area contributed by atoms with Crippen molar-refractivity contribution in [1.29, 1.82) is 0 Å². The molecular weight excluding hydrogens is 405 g/mol. The third-order valence-electron chi connectivity index (χ3n) is 5.58. The van der Waals surface area contributed by atoms with Gasteiger partial charge in [-0.15, -0.1) is 10.2 Å². The van der Waals surface area contributed by atoms with Crippen LogP contribution in [-0.4, -0.2) is 58.3 Å². The summed E-state index contributed by atoms with van der Waals surface area (Å²) in [4.78, 5) is 14.8. The zero-order valence-corrected chi connectivity index (χ0v) is 18.0. The number of halogens is 1. The Balaban J connectivity index is 1.56. The lowest BCUT2D eigenvalue weighted by Crippen LogP contribution is -2.40. The standard InChI is InChI=1S/C21H28FN5O2S/c1-15(19(28)23-17-7-3-2-4-8-17)30-21-25-24-20(26-10-12-29-13-11-26)27(21)18-9-5-6-16(22)14-18/h5-6,9,14-15,17H,2-4,7-8,10-13H2,1H3,(H,23,28). The van der Waals surface area contributed by atoms with Crippen LogP contribution in [0.2, 0.25) is 0 Å². The summed E-state index contributed by atoms with van der Waals surface area (Å²) in [7, 11) is 0. The summed E-state index contributed by atoms with van der Waals surface area (Å²) in [6.45, 7) is 4.48. The second kappa shape index (κ2) is 9.78. The van der Waals surface area contributed by atoms with E-state index in [4.69, 9.17) is 4.74 Å². The number of benzene rings is 1. The first-order valence-corrected chi connectivity index (χ1v) is 11.5. The smallest absolute Gasteiger partial charge is 0.233 e. The quantitative estimate of drug-likeness (QED) is 0.706. The summed E-state index contributed by atoms with van der Waals surface area (Å²) in [6, 6.07) is 6.63. The Morgan fingerprint density at radius 1 is 1.23 bits per heavy atom. The fourth-order valence-corrected chi connectivity index (χ4v) is 4.80. The molecule has 0 radical (unpaired) electrons. The Kier molecular flexibility index (Phi) is 6.89. The number of ether oxygens (including phenoxy) is 1. The number of aromatic nitrogens is 3. The average Bonchev–Trinajstić information content (AvgIpc) is 3.18. The molecule has 1 aliphatic carbocycles. The van der Waals surface area contributed by atoms with Gasteiger partial charge in [-0.1, -0.05) is 37.1 Å². The maximum atomic E-state index is 14.0. The van der Waals surface area contributed by atoms with E-state index in [1.807, 2.05) is 17.6 Å². The summed E-state index contributed by atoms with van der Waals surface area (Å²) in [5, 5.41) is 12.2. The minimum absolute atomic E-state index is 0.00798. The molecule has 0 bridgehead atoms. The number of morpholine rings is 1. The number of anilines is 1. The van der Waals surface area contributed by atoms with E-state index in [2.05, 4.69) is 20.4 Å². The first kappa shape index (κ1) is 21.1. The number of carbonyl (C=O) groups excluding carboxylic acids is 1. The molecule has 1 saturated carbocycles. The zero-order valence-electron chi connectivity index (χ0n) is 17.2. The van der Waals surface area contributed by atoms with Crippen molar-refractivity contribution in [2.45, 2.75) is 55.5 Å². The highest BCUT2D eigenvalue weighted by Gasteiger charge is 2.26. The molecule has 1 unspecified atom stereocenters.